The second kappa shape index (κ2) is 11.5. The number of aromatic nitrogens is 2. The lowest BCUT2D eigenvalue weighted by Crippen LogP contribution is -2.44. The van der Waals surface area contributed by atoms with Crippen LogP contribution in [0.3, 0.4) is 0 Å². The molecule has 0 aliphatic carbocycles. The largest absolute Gasteiger partial charge is 0.496 e. The fourth-order valence-corrected chi connectivity index (χ4v) is 4.50. The van der Waals surface area contributed by atoms with E-state index in [2.05, 4.69) is 51.4 Å². The van der Waals surface area contributed by atoms with Crippen LogP contribution in [0.25, 0.3) is 11.3 Å². The van der Waals surface area contributed by atoms with Gasteiger partial charge in [-0.25, -0.2) is 9.97 Å². The number of hydrogen-bond acceptors (Lipinski definition) is 8. The number of anilines is 3. The Hall–Kier alpha value is -3.46. The van der Waals surface area contributed by atoms with Crippen LogP contribution in [0, 0.1) is 0 Å². The van der Waals surface area contributed by atoms with Crippen LogP contribution in [0.5, 0.6) is 5.75 Å². The minimum absolute atomic E-state index is 0.442. The summed E-state index contributed by atoms with van der Waals surface area (Å²) in [7, 11) is 3.84. The summed E-state index contributed by atoms with van der Waals surface area (Å²) in [6.45, 7) is 6.09. The van der Waals surface area contributed by atoms with Crippen molar-refractivity contribution in [3.8, 4) is 17.0 Å². The van der Waals surface area contributed by atoms with Crippen LogP contribution in [0.4, 0.5) is 17.3 Å². The first kappa shape index (κ1) is 24.2. The molecule has 36 heavy (non-hydrogen) atoms. The van der Waals surface area contributed by atoms with Gasteiger partial charge in [0.15, 0.2) is 0 Å². The third kappa shape index (κ3) is 5.84. The number of methoxy groups -OCH3 is 1. The molecule has 1 saturated heterocycles. The molecule has 1 fully saturated rings. The number of hydrogen-bond donors (Lipinski definition) is 1. The van der Waals surface area contributed by atoms with E-state index in [1.54, 1.807) is 13.3 Å². The molecule has 3 aromatic rings. The van der Waals surface area contributed by atoms with E-state index in [9.17, 15) is 0 Å². The summed E-state index contributed by atoms with van der Waals surface area (Å²) in [5.41, 5.74) is 6.08. The molecule has 0 saturated carbocycles. The highest BCUT2D eigenvalue weighted by Gasteiger charge is 2.18. The summed E-state index contributed by atoms with van der Waals surface area (Å²) in [5, 5.41) is 3.39. The number of nitrogens with zero attached hydrogens (tertiary/aromatic N) is 4. The minimum atomic E-state index is 0.442. The highest BCUT2D eigenvalue weighted by Crippen LogP contribution is 2.29. The summed E-state index contributed by atoms with van der Waals surface area (Å²) in [6, 6.07) is 14.3. The maximum absolute atomic E-state index is 6.03. The van der Waals surface area contributed by atoms with Gasteiger partial charge in [-0.3, -0.25) is 0 Å². The van der Waals surface area contributed by atoms with Crippen LogP contribution >= 0.6 is 0 Å². The molecule has 1 N–H and O–H groups in total. The van der Waals surface area contributed by atoms with E-state index in [-0.39, 0.29) is 0 Å². The van der Waals surface area contributed by atoms with E-state index in [4.69, 9.17) is 19.2 Å². The predicted octanol–water partition coefficient (Wildman–Crippen LogP) is 4.25. The molecule has 0 atom stereocenters. The number of ether oxygens (including phenoxy) is 3. The zero-order valence-corrected chi connectivity index (χ0v) is 20.9. The number of piperazine rings is 1. The van der Waals surface area contributed by atoms with Crippen molar-refractivity contribution in [2.75, 3.05) is 63.8 Å². The summed E-state index contributed by atoms with van der Waals surface area (Å²) in [5.74, 6) is 1.34. The second-order valence-corrected chi connectivity index (χ2v) is 9.05. The average molecular weight is 488 g/mol. The summed E-state index contributed by atoms with van der Waals surface area (Å²) in [4.78, 5) is 14.0. The van der Waals surface area contributed by atoms with Crippen LogP contribution in [-0.4, -0.2) is 68.4 Å². The molecule has 2 aromatic carbocycles. The van der Waals surface area contributed by atoms with Gasteiger partial charge >= 0.3 is 0 Å². The predicted molar refractivity (Wildman–Crippen MR) is 142 cm³/mol. The van der Waals surface area contributed by atoms with Gasteiger partial charge in [0.25, 0.3) is 0 Å². The molecule has 0 radical (unpaired) electrons. The lowest BCUT2D eigenvalue weighted by Gasteiger charge is -2.35. The molecule has 2 aliphatic heterocycles. The number of benzene rings is 2. The molecule has 5 rings (SSSR count). The molecule has 2 aliphatic rings. The Bertz CT molecular complexity index is 1210. The first-order chi connectivity index (χ1) is 17.7. The van der Waals surface area contributed by atoms with Gasteiger partial charge in [0, 0.05) is 60.4 Å². The van der Waals surface area contributed by atoms with Crippen LogP contribution in [-0.2, 0) is 22.7 Å². The molecule has 0 spiro atoms. The lowest BCUT2D eigenvalue weighted by atomic mass is 10.1. The molecule has 8 nitrogen and oxygen atoms in total. The Morgan fingerprint density at radius 3 is 2.44 bits per heavy atom. The summed E-state index contributed by atoms with van der Waals surface area (Å²) >= 11 is 0. The van der Waals surface area contributed by atoms with Crippen molar-refractivity contribution in [3.05, 3.63) is 71.9 Å². The van der Waals surface area contributed by atoms with Gasteiger partial charge in [-0.1, -0.05) is 12.2 Å². The highest BCUT2D eigenvalue weighted by atomic mass is 16.5. The van der Waals surface area contributed by atoms with Crippen molar-refractivity contribution in [2.45, 2.75) is 13.2 Å². The molecule has 0 unspecified atom stereocenters. The first-order valence-electron chi connectivity index (χ1n) is 12.3. The number of nitrogens with one attached hydrogen (secondary N) is 1. The average Bonchev–Trinajstić information content (AvgIpc) is 2.90. The van der Waals surface area contributed by atoms with Gasteiger partial charge in [-0.2, -0.15) is 0 Å². The van der Waals surface area contributed by atoms with Crippen molar-refractivity contribution in [3.63, 3.8) is 0 Å². The molecule has 3 heterocycles. The Morgan fingerprint density at radius 1 is 0.889 bits per heavy atom. The Balaban J connectivity index is 1.47. The normalized spacial score (nSPS) is 18.0. The zero-order chi connectivity index (χ0) is 24.7. The van der Waals surface area contributed by atoms with E-state index in [0.29, 0.717) is 32.4 Å². The Morgan fingerprint density at radius 2 is 1.67 bits per heavy atom. The maximum atomic E-state index is 6.03. The smallest absolute Gasteiger partial charge is 0.227 e. The lowest BCUT2D eigenvalue weighted by molar-refractivity contribution is 0.139. The van der Waals surface area contributed by atoms with Crippen LogP contribution in [0.2, 0.25) is 0 Å². The summed E-state index contributed by atoms with van der Waals surface area (Å²) < 4.78 is 17.4. The number of fused-ring (bicyclic) bond motifs is 7. The number of rotatable bonds is 2. The van der Waals surface area contributed by atoms with Gasteiger partial charge < -0.3 is 29.3 Å². The molecular formula is C28H33N5O3. The molecule has 188 valence electrons. The zero-order valence-electron chi connectivity index (χ0n) is 20.9. The fraction of sp³-hybridized carbons (Fsp3) is 0.357. The third-order valence-electron chi connectivity index (χ3n) is 6.52. The van der Waals surface area contributed by atoms with Gasteiger partial charge in [0.1, 0.15) is 5.75 Å². The Labute approximate surface area is 212 Å². The van der Waals surface area contributed by atoms with Crippen molar-refractivity contribution >= 4 is 17.3 Å². The topological polar surface area (TPSA) is 72.0 Å². The monoisotopic (exact) mass is 487 g/mol. The van der Waals surface area contributed by atoms with E-state index in [1.807, 2.05) is 30.4 Å². The number of likely N-dealkylation sites (N-methyl/N-ethyl adjacent to an activating group) is 1. The standard InChI is InChI=1S/C28H33N5O3/c1-32-11-13-33(14-12-32)26-7-6-24-18-22(26)19-35-15-3-4-16-36-20-23-17-21(5-8-27(23)34-2)25-9-10-29-28(30-24)31-25/h3-10,17-18H,11-16,19-20H2,1-2H3,(H,29,30,31)/b4-3-. The van der Waals surface area contributed by atoms with Gasteiger partial charge in [0.05, 0.1) is 39.2 Å². The third-order valence-corrected chi connectivity index (χ3v) is 6.52. The summed E-state index contributed by atoms with van der Waals surface area (Å²) in [6.07, 6.45) is 5.78. The van der Waals surface area contributed by atoms with Crippen LogP contribution < -0.4 is 15.0 Å². The van der Waals surface area contributed by atoms with Crippen molar-refractivity contribution in [1.82, 2.24) is 14.9 Å². The van der Waals surface area contributed by atoms with E-state index >= 15 is 0 Å². The molecule has 0 amide bonds. The van der Waals surface area contributed by atoms with E-state index in [1.165, 1.54) is 5.69 Å². The first-order valence-corrected chi connectivity index (χ1v) is 12.3. The molecule has 1 aromatic heterocycles. The molecule has 6 bridgehead atoms. The molecular weight excluding hydrogens is 454 g/mol. The van der Waals surface area contributed by atoms with Crippen LogP contribution in [0.15, 0.2) is 60.8 Å². The Kier molecular flexibility index (Phi) is 7.76. The van der Waals surface area contributed by atoms with Gasteiger partial charge in [0.2, 0.25) is 5.95 Å². The van der Waals surface area contributed by atoms with Crippen molar-refractivity contribution in [2.24, 2.45) is 0 Å². The van der Waals surface area contributed by atoms with E-state index < -0.39 is 0 Å². The second-order valence-electron chi connectivity index (χ2n) is 9.05. The highest BCUT2D eigenvalue weighted by molar-refractivity contribution is 5.66. The van der Waals surface area contributed by atoms with Crippen molar-refractivity contribution < 1.29 is 14.2 Å². The van der Waals surface area contributed by atoms with Crippen LogP contribution in [0.1, 0.15) is 11.1 Å². The van der Waals surface area contributed by atoms with E-state index in [0.717, 1.165) is 60.0 Å². The SMILES string of the molecule is COc1ccc2cc1COC/C=C\COCc1cc(ccc1N1CCN(C)CC1)Nc1nccc-2n1. The van der Waals surface area contributed by atoms with Gasteiger partial charge in [-0.15, -0.1) is 0 Å². The van der Waals surface area contributed by atoms with Gasteiger partial charge in [-0.05, 0) is 49.5 Å². The minimum Gasteiger partial charge on any atom is -0.496 e. The quantitative estimate of drug-likeness (QED) is 0.538. The fourth-order valence-electron chi connectivity index (χ4n) is 4.50. The maximum Gasteiger partial charge on any atom is 0.227 e. The molecule has 8 heteroatoms. The van der Waals surface area contributed by atoms with Crippen molar-refractivity contribution in [1.29, 1.82) is 0 Å².